The van der Waals surface area contributed by atoms with E-state index in [1.165, 1.54) is 0 Å². The molecular formula is C41H25N5. The summed E-state index contributed by atoms with van der Waals surface area (Å²) in [6, 6.07) is 53.1. The molecule has 0 fully saturated rings. The maximum atomic E-state index is 5.16. The fourth-order valence-corrected chi connectivity index (χ4v) is 6.91. The molecule has 0 atom stereocenters. The first kappa shape index (κ1) is 25.0. The molecule has 0 bridgehead atoms. The monoisotopic (exact) mass is 587 g/mol. The highest BCUT2D eigenvalue weighted by Gasteiger charge is 2.17. The van der Waals surface area contributed by atoms with E-state index in [1.54, 1.807) is 0 Å². The lowest BCUT2D eigenvalue weighted by Gasteiger charge is -2.12. The minimum atomic E-state index is 0.925. The van der Waals surface area contributed by atoms with Crippen LogP contribution in [-0.4, -0.2) is 23.9 Å². The lowest BCUT2D eigenvalue weighted by atomic mass is 10.0. The van der Waals surface area contributed by atoms with Crippen molar-refractivity contribution in [1.29, 1.82) is 0 Å². The molecular weight excluding hydrogens is 562 g/mol. The molecule has 0 aliphatic carbocycles. The highest BCUT2D eigenvalue weighted by Crippen LogP contribution is 2.36. The zero-order chi connectivity index (χ0) is 30.2. The van der Waals surface area contributed by atoms with Crippen LogP contribution in [0.4, 0.5) is 0 Å². The SMILES string of the molecule is c1ccc(-n2c(-c3ccc(-c4ccc5c6nc7ccccc7cc6c6nc7ccccc7n6c5c4)cc3)nc3ccccc32)cc1. The van der Waals surface area contributed by atoms with Crippen LogP contribution in [0, 0.1) is 0 Å². The summed E-state index contributed by atoms with van der Waals surface area (Å²) in [4.78, 5) is 15.3. The molecule has 0 N–H and O–H groups in total. The van der Waals surface area contributed by atoms with E-state index in [0.29, 0.717) is 0 Å². The molecule has 0 aliphatic rings. The van der Waals surface area contributed by atoms with Crippen LogP contribution in [0.5, 0.6) is 0 Å². The number of hydrogen-bond donors (Lipinski definition) is 0. The zero-order valence-corrected chi connectivity index (χ0v) is 24.7. The zero-order valence-electron chi connectivity index (χ0n) is 24.7. The van der Waals surface area contributed by atoms with Gasteiger partial charge in [0.05, 0.1) is 38.6 Å². The van der Waals surface area contributed by atoms with Gasteiger partial charge in [-0.1, -0.05) is 97.1 Å². The summed E-state index contributed by atoms with van der Waals surface area (Å²) < 4.78 is 4.53. The average molecular weight is 588 g/mol. The molecule has 4 aromatic heterocycles. The molecule has 5 heteroatoms. The lowest BCUT2D eigenvalue weighted by molar-refractivity contribution is 1.10. The summed E-state index contributed by atoms with van der Waals surface area (Å²) >= 11 is 0. The highest BCUT2D eigenvalue weighted by molar-refractivity contribution is 6.15. The molecule has 5 nitrogen and oxygen atoms in total. The molecule has 10 rings (SSSR count). The van der Waals surface area contributed by atoms with Gasteiger partial charge in [0.2, 0.25) is 0 Å². The Morgan fingerprint density at radius 2 is 1.07 bits per heavy atom. The summed E-state index contributed by atoms with van der Waals surface area (Å²) in [6.07, 6.45) is 0. The predicted octanol–water partition coefficient (Wildman–Crippen LogP) is 10.0. The van der Waals surface area contributed by atoms with E-state index >= 15 is 0 Å². The van der Waals surface area contributed by atoms with Crippen LogP contribution in [0.1, 0.15) is 0 Å². The van der Waals surface area contributed by atoms with Crippen molar-refractivity contribution in [3.63, 3.8) is 0 Å². The lowest BCUT2D eigenvalue weighted by Crippen LogP contribution is -1.97. The number of para-hydroxylation sites is 6. The number of rotatable bonds is 3. The number of hydrogen-bond acceptors (Lipinski definition) is 3. The van der Waals surface area contributed by atoms with Gasteiger partial charge in [-0.05, 0) is 65.7 Å². The first-order valence-electron chi connectivity index (χ1n) is 15.5. The van der Waals surface area contributed by atoms with E-state index in [2.05, 4.69) is 136 Å². The molecule has 0 radical (unpaired) electrons. The van der Waals surface area contributed by atoms with Crippen LogP contribution < -0.4 is 0 Å². The quantitative estimate of drug-likeness (QED) is 0.153. The number of nitrogens with zero attached hydrogens (tertiary/aromatic N) is 5. The molecule has 0 unspecified atom stereocenters. The largest absolute Gasteiger partial charge is 0.292 e. The third-order valence-electron chi connectivity index (χ3n) is 9.07. The van der Waals surface area contributed by atoms with Crippen molar-refractivity contribution in [3.05, 3.63) is 152 Å². The van der Waals surface area contributed by atoms with Crippen LogP contribution in [0.15, 0.2) is 152 Å². The number of benzene rings is 6. The topological polar surface area (TPSA) is 48.0 Å². The van der Waals surface area contributed by atoms with Crippen LogP contribution in [-0.2, 0) is 0 Å². The van der Waals surface area contributed by atoms with Gasteiger partial charge in [0.15, 0.2) is 0 Å². The smallest absolute Gasteiger partial charge is 0.147 e. The van der Waals surface area contributed by atoms with Crippen molar-refractivity contribution >= 4 is 60.4 Å². The number of aromatic nitrogens is 5. The van der Waals surface area contributed by atoms with Gasteiger partial charge in [-0.15, -0.1) is 0 Å². The molecule has 4 heterocycles. The number of fused-ring (bicyclic) bond motifs is 10. The van der Waals surface area contributed by atoms with Gasteiger partial charge >= 0.3 is 0 Å². The van der Waals surface area contributed by atoms with Crippen molar-refractivity contribution in [2.45, 2.75) is 0 Å². The van der Waals surface area contributed by atoms with Gasteiger partial charge in [0, 0.05) is 27.4 Å². The molecule has 0 saturated heterocycles. The molecule has 0 amide bonds. The molecule has 0 aliphatic heterocycles. The number of pyridine rings is 2. The molecule has 46 heavy (non-hydrogen) atoms. The Labute approximate surface area is 263 Å². The van der Waals surface area contributed by atoms with Crippen molar-refractivity contribution in [3.8, 4) is 28.2 Å². The average Bonchev–Trinajstić information content (AvgIpc) is 3.71. The van der Waals surface area contributed by atoms with E-state index in [9.17, 15) is 0 Å². The predicted molar refractivity (Wildman–Crippen MR) is 189 cm³/mol. The molecule has 0 saturated carbocycles. The highest BCUT2D eigenvalue weighted by atomic mass is 15.1. The Morgan fingerprint density at radius 3 is 1.89 bits per heavy atom. The third kappa shape index (κ3) is 3.66. The first-order chi connectivity index (χ1) is 22.8. The summed E-state index contributed by atoms with van der Waals surface area (Å²) in [5.74, 6) is 0.925. The molecule has 6 aromatic carbocycles. The van der Waals surface area contributed by atoms with Crippen molar-refractivity contribution < 1.29 is 0 Å². The van der Waals surface area contributed by atoms with Crippen LogP contribution in [0.25, 0.3) is 88.6 Å². The molecule has 214 valence electrons. The normalized spacial score (nSPS) is 11.9. The maximum Gasteiger partial charge on any atom is 0.147 e. The minimum absolute atomic E-state index is 0.925. The van der Waals surface area contributed by atoms with E-state index in [-0.39, 0.29) is 0 Å². The standard InChI is InChI=1S/C41H25N5/c1-2-11-30(12-3-1)45-36-16-8-6-14-34(36)43-40(45)27-20-18-26(19-21-27)28-22-23-31-38(25-28)46-37-17-9-7-15-35(37)44-41(46)32-24-29-10-4-5-13-33(29)42-39(31)32/h1-25H. The Balaban J connectivity index is 1.17. The van der Waals surface area contributed by atoms with Crippen LogP contribution in [0.2, 0.25) is 0 Å². The van der Waals surface area contributed by atoms with Crippen molar-refractivity contribution in [2.24, 2.45) is 0 Å². The van der Waals surface area contributed by atoms with E-state index in [4.69, 9.17) is 15.0 Å². The van der Waals surface area contributed by atoms with E-state index in [1.807, 2.05) is 24.3 Å². The summed E-state index contributed by atoms with van der Waals surface area (Å²) in [6.45, 7) is 0. The van der Waals surface area contributed by atoms with Crippen LogP contribution >= 0.6 is 0 Å². The van der Waals surface area contributed by atoms with Crippen LogP contribution in [0.3, 0.4) is 0 Å². The van der Waals surface area contributed by atoms with Gasteiger partial charge in [0.1, 0.15) is 11.5 Å². The van der Waals surface area contributed by atoms with Gasteiger partial charge in [0.25, 0.3) is 0 Å². The minimum Gasteiger partial charge on any atom is -0.292 e. The van der Waals surface area contributed by atoms with Gasteiger partial charge < -0.3 is 0 Å². The Kier molecular flexibility index (Phi) is 5.22. The van der Waals surface area contributed by atoms with E-state index in [0.717, 1.165) is 88.6 Å². The van der Waals surface area contributed by atoms with Crippen molar-refractivity contribution in [2.75, 3.05) is 0 Å². The first-order valence-corrected chi connectivity index (χ1v) is 15.5. The summed E-state index contributed by atoms with van der Waals surface area (Å²) in [5, 5.41) is 3.27. The van der Waals surface area contributed by atoms with Crippen molar-refractivity contribution in [1.82, 2.24) is 23.9 Å². The van der Waals surface area contributed by atoms with Gasteiger partial charge in [-0.2, -0.15) is 0 Å². The summed E-state index contributed by atoms with van der Waals surface area (Å²) in [5.41, 5.74) is 12.5. The Morgan fingerprint density at radius 1 is 0.413 bits per heavy atom. The second-order valence-electron chi connectivity index (χ2n) is 11.7. The Hall–Kier alpha value is -6.33. The third-order valence-corrected chi connectivity index (χ3v) is 9.07. The summed E-state index contributed by atoms with van der Waals surface area (Å²) in [7, 11) is 0. The molecule has 0 spiro atoms. The van der Waals surface area contributed by atoms with Gasteiger partial charge in [-0.25, -0.2) is 15.0 Å². The fourth-order valence-electron chi connectivity index (χ4n) is 6.91. The Bertz CT molecular complexity index is 2790. The number of imidazole rings is 2. The molecule has 10 aromatic rings. The van der Waals surface area contributed by atoms with E-state index < -0.39 is 0 Å². The van der Waals surface area contributed by atoms with Gasteiger partial charge in [-0.3, -0.25) is 8.97 Å². The second kappa shape index (κ2) is 9.58. The second-order valence-corrected chi connectivity index (χ2v) is 11.7. The fraction of sp³-hybridized carbons (Fsp3) is 0. The maximum absolute atomic E-state index is 5.16.